The molecule has 0 radical (unpaired) electrons. The van der Waals surface area contributed by atoms with Gasteiger partial charge < -0.3 is 10.1 Å². The molecule has 1 aromatic heterocycles. The van der Waals surface area contributed by atoms with Crippen LogP contribution in [0.1, 0.15) is 32.3 Å². The topological polar surface area (TPSA) is 61.2 Å². The van der Waals surface area contributed by atoms with Crippen LogP contribution in [0.2, 0.25) is 0 Å². The van der Waals surface area contributed by atoms with Crippen LogP contribution in [0.4, 0.5) is 5.82 Å². The number of anilines is 1. The smallest absolute Gasteiger partial charge is 0.127 e. The molecule has 21 heavy (non-hydrogen) atoms. The lowest BCUT2D eigenvalue weighted by molar-refractivity contribution is -0.0681. The molecule has 5 heteroatoms. The summed E-state index contributed by atoms with van der Waals surface area (Å²) in [5.74, 6) is 0.780. The first-order chi connectivity index (χ1) is 10.2. The van der Waals surface area contributed by atoms with Gasteiger partial charge in [-0.1, -0.05) is 0 Å². The van der Waals surface area contributed by atoms with E-state index in [1.807, 2.05) is 0 Å². The fraction of sp³-hybridized carbons (Fsp3) is 0.625. The highest BCUT2D eigenvalue weighted by molar-refractivity contribution is 5.42. The number of pyridine rings is 1. The third-order valence-corrected chi connectivity index (χ3v) is 3.59. The third kappa shape index (κ3) is 5.33. The molecular formula is C16H24N4O. The number of nitriles is 1. The lowest BCUT2D eigenvalue weighted by Crippen LogP contribution is -2.45. The standard InChI is InChI=1S/C16H24N4O/c1-13-11-20(12-14(2)21-13)8-4-3-6-18-16-9-15(10-17)5-7-19-16/h5,7,9,13-14H,3-4,6,8,11-12H2,1-2H3,(H,18,19). The molecule has 0 spiro atoms. The summed E-state index contributed by atoms with van der Waals surface area (Å²) in [7, 11) is 0. The highest BCUT2D eigenvalue weighted by atomic mass is 16.5. The maximum absolute atomic E-state index is 8.84. The van der Waals surface area contributed by atoms with E-state index in [0.717, 1.165) is 44.8 Å². The van der Waals surface area contributed by atoms with Crippen molar-refractivity contribution in [2.24, 2.45) is 0 Å². The van der Waals surface area contributed by atoms with E-state index >= 15 is 0 Å². The summed E-state index contributed by atoms with van der Waals surface area (Å²) in [4.78, 5) is 6.69. The zero-order valence-corrected chi connectivity index (χ0v) is 12.9. The van der Waals surface area contributed by atoms with E-state index in [1.165, 1.54) is 0 Å². The van der Waals surface area contributed by atoms with Crippen LogP contribution in [0.25, 0.3) is 0 Å². The molecule has 1 aromatic rings. The molecule has 0 aromatic carbocycles. The SMILES string of the molecule is CC1CN(CCCCNc2cc(C#N)ccn2)CC(C)O1. The maximum atomic E-state index is 8.84. The van der Waals surface area contributed by atoms with Crippen LogP contribution in [-0.2, 0) is 4.74 Å². The number of nitrogens with one attached hydrogen (secondary N) is 1. The van der Waals surface area contributed by atoms with Crippen LogP contribution in [0, 0.1) is 11.3 Å². The lowest BCUT2D eigenvalue weighted by atomic mass is 10.2. The molecule has 114 valence electrons. The van der Waals surface area contributed by atoms with E-state index in [0.29, 0.717) is 17.8 Å². The molecule has 0 saturated carbocycles. The largest absolute Gasteiger partial charge is 0.373 e. The lowest BCUT2D eigenvalue weighted by Gasteiger charge is -2.35. The highest BCUT2D eigenvalue weighted by Gasteiger charge is 2.21. The van der Waals surface area contributed by atoms with Crippen LogP contribution in [0.5, 0.6) is 0 Å². The van der Waals surface area contributed by atoms with Gasteiger partial charge in [-0.15, -0.1) is 0 Å². The van der Waals surface area contributed by atoms with Crippen molar-refractivity contribution in [1.29, 1.82) is 5.26 Å². The number of hydrogen-bond donors (Lipinski definition) is 1. The van der Waals surface area contributed by atoms with Crippen molar-refractivity contribution in [3.8, 4) is 6.07 Å². The van der Waals surface area contributed by atoms with Crippen LogP contribution < -0.4 is 5.32 Å². The molecule has 1 fully saturated rings. The van der Waals surface area contributed by atoms with Gasteiger partial charge in [-0.2, -0.15) is 5.26 Å². The quantitative estimate of drug-likeness (QED) is 0.814. The summed E-state index contributed by atoms with van der Waals surface area (Å²) in [6, 6.07) is 5.62. The normalized spacial score (nSPS) is 22.7. The molecule has 0 amide bonds. The minimum absolute atomic E-state index is 0.338. The van der Waals surface area contributed by atoms with E-state index in [2.05, 4.69) is 35.1 Å². The van der Waals surface area contributed by atoms with E-state index < -0.39 is 0 Å². The van der Waals surface area contributed by atoms with Crippen molar-refractivity contribution >= 4 is 5.82 Å². The summed E-state index contributed by atoms with van der Waals surface area (Å²) in [5, 5.41) is 12.1. The Morgan fingerprint density at radius 2 is 2.14 bits per heavy atom. The average molecular weight is 288 g/mol. The van der Waals surface area contributed by atoms with Crippen molar-refractivity contribution in [3.05, 3.63) is 23.9 Å². The third-order valence-electron chi connectivity index (χ3n) is 3.59. The van der Waals surface area contributed by atoms with Gasteiger partial charge >= 0.3 is 0 Å². The Balaban J connectivity index is 1.62. The predicted octanol–water partition coefficient (Wildman–Crippen LogP) is 2.25. The molecule has 0 aliphatic carbocycles. The molecule has 1 aliphatic rings. The first-order valence-electron chi connectivity index (χ1n) is 7.65. The van der Waals surface area contributed by atoms with E-state index in [9.17, 15) is 0 Å². The van der Waals surface area contributed by atoms with E-state index in [-0.39, 0.29) is 0 Å². The van der Waals surface area contributed by atoms with Crippen LogP contribution in [0.3, 0.4) is 0 Å². The molecule has 1 N–H and O–H groups in total. The van der Waals surface area contributed by atoms with Crippen molar-refractivity contribution in [2.45, 2.75) is 38.9 Å². The van der Waals surface area contributed by atoms with Crippen molar-refractivity contribution < 1.29 is 4.74 Å². The molecule has 2 unspecified atom stereocenters. The summed E-state index contributed by atoms with van der Waals surface area (Å²) in [6.07, 6.45) is 4.59. The van der Waals surface area contributed by atoms with Crippen molar-refractivity contribution in [3.63, 3.8) is 0 Å². The van der Waals surface area contributed by atoms with Gasteiger partial charge in [0.2, 0.25) is 0 Å². The maximum Gasteiger partial charge on any atom is 0.127 e. The minimum atomic E-state index is 0.338. The molecule has 2 heterocycles. The van der Waals surface area contributed by atoms with Crippen molar-refractivity contribution in [1.82, 2.24) is 9.88 Å². The van der Waals surface area contributed by atoms with Gasteiger partial charge in [0.25, 0.3) is 0 Å². The molecule has 5 nitrogen and oxygen atoms in total. The number of nitrogens with zero attached hydrogens (tertiary/aromatic N) is 3. The fourth-order valence-corrected chi connectivity index (χ4v) is 2.74. The minimum Gasteiger partial charge on any atom is -0.373 e. The molecular weight excluding hydrogens is 264 g/mol. The van der Waals surface area contributed by atoms with Gasteiger partial charge in [-0.05, 0) is 45.4 Å². The van der Waals surface area contributed by atoms with E-state index in [1.54, 1.807) is 18.3 Å². The second kappa shape index (κ2) is 7.96. The summed E-state index contributed by atoms with van der Waals surface area (Å²) in [5.41, 5.74) is 0.642. The number of hydrogen-bond acceptors (Lipinski definition) is 5. The molecule has 1 aliphatic heterocycles. The summed E-state index contributed by atoms with van der Waals surface area (Å²) >= 11 is 0. The second-order valence-electron chi connectivity index (χ2n) is 5.69. The summed E-state index contributed by atoms with van der Waals surface area (Å²) in [6.45, 7) is 8.34. The van der Waals surface area contributed by atoms with Crippen LogP contribution in [-0.4, -0.2) is 48.3 Å². The zero-order chi connectivity index (χ0) is 15.1. The van der Waals surface area contributed by atoms with Gasteiger partial charge in [0, 0.05) is 25.8 Å². The van der Waals surface area contributed by atoms with Gasteiger partial charge in [-0.3, -0.25) is 4.90 Å². The zero-order valence-electron chi connectivity index (χ0n) is 12.9. The number of rotatable bonds is 6. The summed E-state index contributed by atoms with van der Waals surface area (Å²) < 4.78 is 5.73. The van der Waals surface area contributed by atoms with E-state index in [4.69, 9.17) is 10.00 Å². The second-order valence-corrected chi connectivity index (χ2v) is 5.69. The number of morpholine rings is 1. The van der Waals surface area contributed by atoms with Crippen LogP contribution >= 0.6 is 0 Å². The van der Waals surface area contributed by atoms with Crippen molar-refractivity contribution in [2.75, 3.05) is 31.5 Å². The number of ether oxygens (including phenoxy) is 1. The molecule has 2 atom stereocenters. The fourth-order valence-electron chi connectivity index (χ4n) is 2.74. The van der Waals surface area contributed by atoms with Gasteiger partial charge in [0.05, 0.1) is 23.8 Å². The van der Waals surface area contributed by atoms with Gasteiger partial charge in [0.1, 0.15) is 5.82 Å². The first kappa shape index (κ1) is 15.7. The van der Waals surface area contributed by atoms with Gasteiger partial charge in [-0.25, -0.2) is 4.98 Å². The Morgan fingerprint density at radius 3 is 2.86 bits per heavy atom. The Kier molecular flexibility index (Phi) is 5.97. The predicted molar refractivity (Wildman–Crippen MR) is 83.1 cm³/mol. The monoisotopic (exact) mass is 288 g/mol. The number of unbranched alkanes of at least 4 members (excludes halogenated alkanes) is 1. The Bertz CT molecular complexity index is 475. The molecule has 2 rings (SSSR count). The first-order valence-corrected chi connectivity index (χ1v) is 7.65. The Labute approximate surface area is 126 Å². The highest BCUT2D eigenvalue weighted by Crippen LogP contribution is 2.11. The Morgan fingerprint density at radius 1 is 1.38 bits per heavy atom. The average Bonchev–Trinajstić information content (AvgIpc) is 2.46. The molecule has 1 saturated heterocycles. The Hall–Kier alpha value is -1.64. The van der Waals surface area contributed by atoms with Crippen LogP contribution in [0.15, 0.2) is 18.3 Å². The van der Waals surface area contributed by atoms with Gasteiger partial charge in [0.15, 0.2) is 0 Å². The molecule has 0 bridgehead atoms. The number of aromatic nitrogens is 1.